The number of likely N-dealkylation sites (tertiary alicyclic amines) is 1. The van der Waals surface area contributed by atoms with Crippen LogP contribution in [0.5, 0.6) is 0 Å². The van der Waals surface area contributed by atoms with Crippen LogP contribution in [0.3, 0.4) is 0 Å². The first-order valence-electron chi connectivity index (χ1n) is 10.5. The standard InChI is InChI=1S/C23H28N4O2S/c1-15-6-7-19(16(2)13-15)17(3)24-23(28)18-8-10-27(11-9-18)14-21-25-22(26-29-21)20-5-4-12-30-20/h4-7,12-13,17-18H,8-11,14H2,1-3H3,(H,24,28). The molecule has 3 aromatic rings. The van der Waals surface area contributed by atoms with E-state index in [1.165, 1.54) is 16.7 Å². The molecule has 6 nitrogen and oxygen atoms in total. The molecule has 0 bridgehead atoms. The van der Waals surface area contributed by atoms with Gasteiger partial charge in [-0.3, -0.25) is 9.69 Å². The van der Waals surface area contributed by atoms with Crippen molar-refractivity contribution in [3.63, 3.8) is 0 Å². The average molecular weight is 425 g/mol. The molecule has 1 fully saturated rings. The van der Waals surface area contributed by atoms with Crippen molar-refractivity contribution >= 4 is 17.2 Å². The quantitative estimate of drug-likeness (QED) is 0.631. The predicted octanol–water partition coefficient (Wildman–Crippen LogP) is 4.50. The molecule has 1 N–H and O–H groups in total. The summed E-state index contributed by atoms with van der Waals surface area (Å²) >= 11 is 1.60. The van der Waals surface area contributed by atoms with Crippen LogP contribution in [0.4, 0.5) is 0 Å². The minimum Gasteiger partial charge on any atom is -0.349 e. The Bertz CT molecular complexity index is 991. The van der Waals surface area contributed by atoms with Crippen molar-refractivity contribution in [2.24, 2.45) is 5.92 Å². The van der Waals surface area contributed by atoms with E-state index in [9.17, 15) is 4.79 Å². The molecule has 2 aromatic heterocycles. The zero-order valence-electron chi connectivity index (χ0n) is 17.7. The fourth-order valence-corrected chi connectivity index (χ4v) is 4.74. The number of carbonyl (C=O) groups is 1. The molecular weight excluding hydrogens is 396 g/mol. The van der Waals surface area contributed by atoms with Gasteiger partial charge in [0.1, 0.15) is 0 Å². The van der Waals surface area contributed by atoms with E-state index in [4.69, 9.17) is 4.52 Å². The summed E-state index contributed by atoms with van der Waals surface area (Å²) in [5, 5.41) is 9.29. The van der Waals surface area contributed by atoms with E-state index in [-0.39, 0.29) is 17.9 Å². The summed E-state index contributed by atoms with van der Waals surface area (Å²) in [4.78, 5) is 20.6. The van der Waals surface area contributed by atoms with Crippen LogP contribution in [0.15, 0.2) is 40.2 Å². The second kappa shape index (κ2) is 9.10. The fraction of sp³-hybridized carbons (Fsp3) is 0.435. The van der Waals surface area contributed by atoms with Crippen molar-refractivity contribution < 1.29 is 9.32 Å². The second-order valence-corrected chi connectivity index (χ2v) is 9.08. The number of hydrogen-bond donors (Lipinski definition) is 1. The van der Waals surface area contributed by atoms with E-state index in [1.54, 1.807) is 11.3 Å². The molecule has 0 saturated carbocycles. The Hall–Kier alpha value is -2.51. The Balaban J connectivity index is 1.27. The molecule has 158 valence electrons. The van der Waals surface area contributed by atoms with Crippen LogP contribution in [0, 0.1) is 19.8 Å². The minimum atomic E-state index is 0.0187. The van der Waals surface area contributed by atoms with Crippen LogP contribution >= 0.6 is 11.3 Å². The number of piperidine rings is 1. The molecule has 1 aromatic carbocycles. The predicted molar refractivity (Wildman–Crippen MR) is 118 cm³/mol. The Morgan fingerprint density at radius 2 is 2.10 bits per heavy atom. The van der Waals surface area contributed by atoms with Gasteiger partial charge in [0.05, 0.1) is 17.5 Å². The van der Waals surface area contributed by atoms with Gasteiger partial charge in [0.2, 0.25) is 17.6 Å². The van der Waals surface area contributed by atoms with Crippen molar-refractivity contribution in [2.45, 2.75) is 46.2 Å². The third-order valence-electron chi connectivity index (χ3n) is 5.78. The molecule has 1 amide bonds. The van der Waals surface area contributed by atoms with E-state index in [2.05, 4.69) is 59.3 Å². The lowest BCUT2D eigenvalue weighted by Gasteiger charge is -2.31. The average Bonchev–Trinajstić information content (AvgIpc) is 3.40. The lowest BCUT2D eigenvalue weighted by Crippen LogP contribution is -2.41. The summed E-state index contributed by atoms with van der Waals surface area (Å²) in [6.07, 6.45) is 1.69. The fourth-order valence-electron chi connectivity index (χ4n) is 4.09. The van der Waals surface area contributed by atoms with Crippen molar-refractivity contribution in [3.8, 4) is 10.7 Å². The molecule has 0 spiro atoms. The number of hydrogen-bond acceptors (Lipinski definition) is 6. The highest BCUT2D eigenvalue weighted by Gasteiger charge is 2.27. The smallest absolute Gasteiger partial charge is 0.241 e. The molecule has 30 heavy (non-hydrogen) atoms. The van der Waals surface area contributed by atoms with Crippen LogP contribution in [-0.2, 0) is 11.3 Å². The third-order valence-corrected chi connectivity index (χ3v) is 6.64. The summed E-state index contributed by atoms with van der Waals surface area (Å²) in [5.74, 6) is 1.48. The lowest BCUT2D eigenvalue weighted by atomic mass is 9.94. The second-order valence-electron chi connectivity index (χ2n) is 8.13. The molecule has 1 aliphatic rings. The van der Waals surface area contributed by atoms with Crippen LogP contribution in [0.1, 0.15) is 48.4 Å². The molecule has 1 atom stereocenters. The van der Waals surface area contributed by atoms with Crippen molar-refractivity contribution in [1.29, 1.82) is 0 Å². The molecule has 1 aliphatic heterocycles. The number of nitrogens with zero attached hydrogens (tertiary/aromatic N) is 3. The number of aromatic nitrogens is 2. The highest BCUT2D eigenvalue weighted by atomic mass is 32.1. The summed E-state index contributed by atoms with van der Waals surface area (Å²) in [5.41, 5.74) is 3.65. The van der Waals surface area contributed by atoms with Gasteiger partial charge in [-0.2, -0.15) is 4.98 Å². The van der Waals surface area contributed by atoms with Gasteiger partial charge < -0.3 is 9.84 Å². The van der Waals surface area contributed by atoms with Crippen LogP contribution in [0.2, 0.25) is 0 Å². The maximum atomic E-state index is 12.8. The van der Waals surface area contributed by atoms with E-state index >= 15 is 0 Å². The Morgan fingerprint density at radius 1 is 1.30 bits per heavy atom. The topological polar surface area (TPSA) is 71.3 Å². The summed E-state index contributed by atoms with van der Waals surface area (Å²) in [7, 11) is 0. The van der Waals surface area contributed by atoms with Gasteiger partial charge in [0, 0.05) is 5.92 Å². The monoisotopic (exact) mass is 424 g/mol. The molecule has 1 saturated heterocycles. The van der Waals surface area contributed by atoms with Crippen molar-refractivity contribution in [2.75, 3.05) is 13.1 Å². The van der Waals surface area contributed by atoms with Gasteiger partial charge in [-0.1, -0.05) is 35.0 Å². The number of rotatable bonds is 6. The first-order valence-corrected chi connectivity index (χ1v) is 11.3. The molecule has 0 aliphatic carbocycles. The summed E-state index contributed by atoms with van der Waals surface area (Å²) < 4.78 is 5.41. The Kier molecular flexibility index (Phi) is 6.29. The van der Waals surface area contributed by atoms with Crippen molar-refractivity contribution in [1.82, 2.24) is 20.4 Å². The van der Waals surface area contributed by atoms with Gasteiger partial charge in [-0.25, -0.2) is 0 Å². The van der Waals surface area contributed by atoms with Crippen LogP contribution in [-0.4, -0.2) is 34.0 Å². The van der Waals surface area contributed by atoms with E-state index in [0.717, 1.165) is 30.8 Å². The summed E-state index contributed by atoms with van der Waals surface area (Å²) in [6.45, 7) is 8.59. The van der Waals surface area contributed by atoms with Crippen LogP contribution in [0.25, 0.3) is 10.7 Å². The largest absolute Gasteiger partial charge is 0.349 e. The number of carbonyl (C=O) groups excluding carboxylic acids is 1. The lowest BCUT2D eigenvalue weighted by molar-refractivity contribution is -0.127. The van der Waals surface area contributed by atoms with Gasteiger partial charge >= 0.3 is 0 Å². The number of nitrogens with one attached hydrogen (secondary N) is 1. The number of thiophene rings is 1. The van der Waals surface area contributed by atoms with Gasteiger partial charge in [0.25, 0.3) is 0 Å². The Labute approximate surface area is 181 Å². The number of benzene rings is 1. The highest BCUT2D eigenvalue weighted by molar-refractivity contribution is 7.13. The van der Waals surface area contributed by atoms with Crippen LogP contribution < -0.4 is 5.32 Å². The number of aryl methyl sites for hydroxylation is 2. The first kappa shape index (κ1) is 20.8. The summed E-state index contributed by atoms with van der Waals surface area (Å²) in [6, 6.07) is 10.4. The highest BCUT2D eigenvalue weighted by Crippen LogP contribution is 2.24. The zero-order chi connectivity index (χ0) is 21.1. The molecule has 1 unspecified atom stereocenters. The molecule has 4 rings (SSSR count). The van der Waals surface area contributed by atoms with E-state index in [1.807, 2.05) is 17.5 Å². The molecule has 3 heterocycles. The van der Waals surface area contributed by atoms with Gasteiger partial charge in [-0.05, 0) is 69.3 Å². The zero-order valence-corrected chi connectivity index (χ0v) is 18.5. The van der Waals surface area contributed by atoms with Gasteiger partial charge in [-0.15, -0.1) is 11.3 Å². The number of amides is 1. The molecule has 7 heteroatoms. The van der Waals surface area contributed by atoms with Crippen molar-refractivity contribution in [3.05, 3.63) is 58.3 Å². The van der Waals surface area contributed by atoms with Gasteiger partial charge in [0.15, 0.2) is 0 Å². The first-order chi connectivity index (χ1) is 14.5. The molecule has 0 radical (unpaired) electrons. The maximum absolute atomic E-state index is 12.8. The maximum Gasteiger partial charge on any atom is 0.241 e. The van der Waals surface area contributed by atoms with E-state index < -0.39 is 0 Å². The normalized spacial score (nSPS) is 16.5. The third kappa shape index (κ3) is 4.79. The van der Waals surface area contributed by atoms with E-state index in [0.29, 0.717) is 18.3 Å². The Morgan fingerprint density at radius 3 is 2.80 bits per heavy atom. The molecular formula is C23H28N4O2S. The SMILES string of the molecule is Cc1ccc(C(C)NC(=O)C2CCN(Cc3nc(-c4cccs4)no3)CC2)c(C)c1. The minimum absolute atomic E-state index is 0.0187.